The second kappa shape index (κ2) is 11.8. The van der Waals surface area contributed by atoms with E-state index in [9.17, 15) is 18.8 Å². The minimum atomic E-state index is -0.953. The number of benzene rings is 3. The van der Waals surface area contributed by atoms with Crippen molar-refractivity contribution in [2.45, 2.75) is 25.7 Å². The predicted octanol–water partition coefficient (Wildman–Crippen LogP) is 6.07. The molecule has 3 aliphatic rings. The molecule has 9 nitrogen and oxygen atoms in total. The summed E-state index contributed by atoms with van der Waals surface area (Å²) in [7, 11) is 1.50. The molecule has 232 valence electrons. The summed E-state index contributed by atoms with van der Waals surface area (Å²) in [5.41, 5.74) is 3.05. The minimum absolute atomic E-state index is 0.101. The van der Waals surface area contributed by atoms with Gasteiger partial charge in [-0.15, -0.1) is 0 Å². The van der Waals surface area contributed by atoms with Gasteiger partial charge in [0.25, 0.3) is 0 Å². The van der Waals surface area contributed by atoms with Gasteiger partial charge in [0.1, 0.15) is 17.3 Å². The van der Waals surface area contributed by atoms with Crippen LogP contribution in [-0.2, 0) is 22.4 Å². The third-order valence-corrected chi connectivity index (χ3v) is 8.75. The van der Waals surface area contributed by atoms with Crippen LogP contribution in [0.5, 0.6) is 23.0 Å². The lowest BCUT2D eigenvalue weighted by Gasteiger charge is -2.17. The molecule has 0 radical (unpaired) electrons. The van der Waals surface area contributed by atoms with Gasteiger partial charge in [-0.3, -0.25) is 24.5 Å². The number of ketones is 2. The smallest absolute Gasteiger partial charge is 0.416 e. The summed E-state index contributed by atoms with van der Waals surface area (Å²) in [6, 6.07) is 18.1. The molecule has 1 saturated heterocycles. The maximum absolute atomic E-state index is 13.2. The summed E-state index contributed by atoms with van der Waals surface area (Å²) >= 11 is 0. The molecule has 1 aromatic heterocycles. The van der Waals surface area contributed by atoms with Crippen molar-refractivity contribution in [2.75, 3.05) is 26.7 Å². The van der Waals surface area contributed by atoms with E-state index in [4.69, 9.17) is 14.2 Å². The van der Waals surface area contributed by atoms with Crippen LogP contribution in [0, 0.1) is 11.2 Å². The highest BCUT2D eigenvalue weighted by molar-refractivity contribution is 6.11. The number of ether oxygens (including phenoxy) is 3. The average Bonchev–Trinajstić information content (AvgIpc) is 3.60. The first-order valence-electron chi connectivity index (χ1n) is 15.1. The van der Waals surface area contributed by atoms with Crippen LogP contribution in [0.2, 0.25) is 0 Å². The number of methoxy groups -OCH3 is 1. The van der Waals surface area contributed by atoms with Gasteiger partial charge in [-0.25, -0.2) is 9.18 Å². The Morgan fingerprint density at radius 1 is 0.870 bits per heavy atom. The van der Waals surface area contributed by atoms with Crippen LogP contribution in [0.25, 0.3) is 10.9 Å². The van der Waals surface area contributed by atoms with E-state index in [0.717, 1.165) is 16.8 Å². The second-order valence-corrected chi connectivity index (χ2v) is 11.7. The lowest BCUT2D eigenvalue weighted by Crippen LogP contribution is -2.31. The number of amides is 1. The highest BCUT2D eigenvalue weighted by Gasteiger charge is 2.54. The third-order valence-electron chi connectivity index (χ3n) is 8.75. The molecule has 0 bridgehead atoms. The summed E-state index contributed by atoms with van der Waals surface area (Å²) in [4.78, 5) is 49.5. The number of Topliss-reactive ketones (excluding diaryl/α,β-unsaturated/α-hetero) is 2. The molecule has 2 aliphatic heterocycles. The molecule has 1 aliphatic carbocycles. The minimum Gasteiger partial charge on any atom is -0.493 e. The van der Waals surface area contributed by atoms with Gasteiger partial charge in [-0.1, -0.05) is 30.3 Å². The Balaban J connectivity index is 1.02. The second-order valence-electron chi connectivity index (χ2n) is 11.7. The van der Waals surface area contributed by atoms with Crippen LogP contribution in [0.15, 0.2) is 89.6 Å². The van der Waals surface area contributed by atoms with Gasteiger partial charge in [0, 0.05) is 30.5 Å². The molecular weight excluding hydrogens is 589 g/mol. The zero-order valence-corrected chi connectivity index (χ0v) is 25.1. The van der Waals surface area contributed by atoms with Gasteiger partial charge in [0.2, 0.25) is 0 Å². The van der Waals surface area contributed by atoms with E-state index < -0.39 is 11.5 Å². The Hall–Kier alpha value is -5.38. The van der Waals surface area contributed by atoms with Crippen LogP contribution in [-0.4, -0.2) is 60.0 Å². The molecule has 0 N–H and O–H groups in total. The number of aromatic nitrogens is 1. The van der Waals surface area contributed by atoms with E-state index in [1.165, 1.54) is 19.2 Å². The number of fused-ring (bicyclic) bond motifs is 2. The molecule has 2 fully saturated rings. The number of hydrogen-bond donors (Lipinski definition) is 0. The first-order valence-corrected chi connectivity index (χ1v) is 15.1. The standard InChI is InChI=1S/C36H30FN3O6/c1-44-31-18-27-28(19-32(31)46-35(43)40-20-24-10-14-39-29(24)21-40)38-15-11-30(27)45-26-8-4-23(5-9-26)17-34(42)36(12-13-36)33(41)16-22-2-6-25(37)7-3-22/h2-11,15,18-19H,12-14,16-17,20-21H2,1H3. The predicted molar refractivity (Wildman–Crippen MR) is 168 cm³/mol. The van der Waals surface area contributed by atoms with Crippen LogP contribution in [0.3, 0.4) is 0 Å². The summed E-state index contributed by atoms with van der Waals surface area (Å²) in [5, 5.41) is 0.656. The fraction of sp³-hybridized carbons (Fsp3) is 0.250. The highest BCUT2D eigenvalue weighted by Crippen LogP contribution is 2.49. The van der Waals surface area contributed by atoms with Gasteiger partial charge in [0.15, 0.2) is 23.1 Å². The summed E-state index contributed by atoms with van der Waals surface area (Å²) in [5.74, 6) is 1.08. The number of rotatable bonds is 10. The molecule has 3 aromatic carbocycles. The van der Waals surface area contributed by atoms with Gasteiger partial charge in [-0.05, 0) is 65.9 Å². The van der Waals surface area contributed by atoms with E-state index >= 15 is 0 Å². The molecule has 3 heterocycles. The maximum Gasteiger partial charge on any atom is 0.416 e. The van der Waals surface area contributed by atoms with Crippen molar-refractivity contribution in [3.05, 3.63) is 102 Å². The molecule has 7 rings (SSSR count). The largest absolute Gasteiger partial charge is 0.493 e. The van der Waals surface area contributed by atoms with Crippen molar-refractivity contribution in [3.63, 3.8) is 0 Å². The van der Waals surface area contributed by atoms with E-state index in [1.54, 1.807) is 53.6 Å². The number of likely N-dealkylation sites (tertiary alicyclic amines) is 1. The maximum atomic E-state index is 13.2. The number of aliphatic imine (C=N–C) groups is 1. The molecule has 1 saturated carbocycles. The van der Waals surface area contributed by atoms with Crippen LogP contribution in [0.1, 0.15) is 24.0 Å². The average molecular weight is 620 g/mol. The molecule has 0 spiro atoms. The quantitative estimate of drug-likeness (QED) is 0.198. The number of hydrogen-bond acceptors (Lipinski definition) is 8. The highest BCUT2D eigenvalue weighted by atomic mass is 19.1. The molecule has 0 unspecified atom stereocenters. The Kier molecular flexibility index (Phi) is 7.56. The van der Waals surface area contributed by atoms with Crippen molar-refractivity contribution in [1.29, 1.82) is 0 Å². The van der Waals surface area contributed by atoms with Crippen molar-refractivity contribution in [3.8, 4) is 23.0 Å². The topological polar surface area (TPSA) is 107 Å². The lowest BCUT2D eigenvalue weighted by molar-refractivity contribution is -0.133. The fourth-order valence-electron chi connectivity index (χ4n) is 5.93. The molecule has 10 heteroatoms. The van der Waals surface area contributed by atoms with Gasteiger partial charge < -0.3 is 14.2 Å². The Bertz CT molecular complexity index is 1910. The van der Waals surface area contributed by atoms with E-state index in [-0.39, 0.29) is 36.0 Å². The summed E-state index contributed by atoms with van der Waals surface area (Å²) in [6.07, 6.45) is 4.45. The molecule has 46 heavy (non-hydrogen) atoms. The van der Waals surface area contributed by atoms with Crippen LogP contribution in [0.4, 0.5) is 9.18 Å². The van der Waals surface area contributed by atoms with Crippen LogP contribution < -0.4 is 14.2 Å². The summed E-state index contributed by atoms with van der Waals surface area (Å²) in [6.45, 7) is 1.54. The fourth-order valence-corrected chi connectivity index (χ4v) is 5.93. The molecule has 4 aromatic rings. The van der Waals surface area contributed by atoms with Gasteiger partial charge in [0.05, 0.1) is 43.4 Å². The zero-order chi connectivity index (χ0) is 31.8. The third kappa shape index (κ3) is 5.74. The van der Waals surface area contributed by atoms with Crippen molar-refractivity contribution in [2.24, 2.45) is 10.4 Å². The van der Waals surface area contributed by atoms with Gasteiger partial charge in [-0.2, -0.15) is 0 Å². The number of nitrogens with zero attached hydrogens (tertiary/aromatic N) is 3. The number of pyridine rings is 1. The lowest BCUT2D eigenvalue weighted by atomic mass is 9.88. The normalized spacial score (nSPS) is 16.0. The number of carbonyl (C=O) groups is 3. The first-order chi connectivity index (χ1) is 22.3. The summed E-state index contributed by atoms with van der Waals surface area (Å²) < 4.78 is 30.7. The molecule has 1 amide bonds. The Morgan fingerprint density at radius 2 is 1.57 bits per heavy atom. The first kappa shape index (κ1) is 29.3. The zero-order valence-electron chi connectivity index (χ0n) is 25.1. The van der Waals surface area contributed by atoms with Crippen LogP contribution >= 0.6 is 0 Å². The van der Waals surface area contributed by atoms with E-state index in [0.29, 0.717) is 66.2 Å². The van der Waals surface area contributed by atoms with Crippen molar-refractivity contribution in [1.82, 2.24) is 9.88 Å². The Morgan fingerprint density at radius 3 is 2.22 bits per heavy atom. The number of halogens is 1. The monoisotopic (exact) mass is 619 g/mol. The molecule has 0 atom stereocenters. The van der Waals surface area contributed by atoms with Crippen molar-refractivity contribution < 1.29 is 33.0 Å². The van der Waals surface area contributed by atoms with E-state index in [2.05, 4.69) is 9.98 Å². The number of carbonyl (C=O) groups excluding carboxylic acids is 3. The van der Waals surface area contributed by atoms with Gasteiger partial charge >= 0.3 is 6.09 Å². The molecular formula is C36H30FN3O6. The SMILES string of the molecule is COc1cc2c(Oc3ccc(CC(=O)C4(C(=O)Cc5ccc(F)cc5)CC4)cc3)ccnc2cc1OC(=O)N1CC2=CCN=C2C1. The van der Waals surface area contributed by atoms with E-state index in [1.807, 2.05) is 18.2 Å². The Labute approximate surface area is 264 Å². The van der Waals surface area contributed by atoms with Crippen molar-refractivity contribution >= 4 is 34.3 Å².